The van der Waals surface area contributed by atoms with Crippen LogP contribution >= 0.6 is 23.1 Å². The average Bonchev–Trinajstić information content (AvgIpc) is 3.16. The van der Waals surface area contributed by atoms with Crippen LogP contribution in [-0.2, 0) is 11.3 Å². The monoisotopic (exact) mass is 393 g/mol. The highest BCUT2D eigenvalue weighted by Gasteiger charge is 2.22. The minimum Gasteiger partial charge on any atom is -0.349 e. The van der Waals surface area contributed by atoms with Crippen molar-refractivity contribution >= 4 is 40.6 Å². The average molecular weight is 393 g/mol. The van der Waals surface area contributed by atoms with Gasteiger partial charge in [-0.1, -0.05) is 12.1 Å². The van der Waals surface area contributed by atoms with E-state index in [-0.39, 0.29) is 17.2 Å². The molecule has 0 fully saturated rings. The number of thiophene rings is 1. The fraction of sp³-hybridized carbons (Fsp3) is 0.294. The van der Waals surface area contributed by atoms with E-state index in [0.717, 1.165) is 4.88 Å². The topological polar surface area (TPSA) is 101 Å². The largest absolute Gasteiger partial charge is 0.349 e. The number of hydrogen-bond donors (Lipinski definition) is 2. The summed E-state index contributed by atoms with van der Waals surface area (Å²) in [4.78, 5) is 36.2. The molecule has 0 aliphatic rings. The number of nitrogens with zero attached hydrogens (tertiary/aromatic N) is 1. The van der Waals surface area contributed by atoms with Crippen LogP contribution in [0.15, 0.2) is 41.8 Å². The van der Waals surface area contributed by atoms with Crippen molar-refractivity contribution in [3.8, 4) is 0 Å². The molecule has 0 saturated heterocycles. The maximum Gasteiger partial charge on any atom is 0.270 e. The summed E-state index contributed by atoms with van der Waals surface area (Å²) in [6.07, 6.45) is 2.39. The van der Waals surface area contributed by atoms with Crippen molar-refractivity contribution in [1.82, 2.24) is 10.6 Å². The lowest BCUT2D eigenvalue weighted by Gasteiger charge is -2.18. The molecule has 0 spiro atoms. The van der Waals surface area contributed by atoms with Gasteiger partial charge in [0.2, 0.25) is 5.91 Å². The van der Waals surface area contributed by atoms with E-state index >= 15 is 0 Å². The normalized spacial score (nSPS) is 11.6. The van der Waals surface area contributed by atoms with E-state index < -0.39 is 16.9 Å². The predicted octanol–water partition coefficient (Wildman–Crippen LogP) is 2.82. The van der Waals surface area contributed by atoms with E-state index in [9.17, 15) is 19.7 Å². The molecule has 2 amide bonds. The van der Waals surface area contributed by atoms with Gasteiger partial charge in [0, 0.05) is 22.6 Å². The van der Waals surface area contributed by atoms with Crippen LogP contribution in [0.1, 0.15) is 21.7 Å². The summed E-state index contributed by atoms with van der Waals surface area (Å²) in [5.41, 5.74) is -0.0140. The second-order valence-corrected chi connectivity index (χ2v) is 7.43. The summed E-state index contributed by atoms with van der Waals surface area (Å²) in [5, 5.41) is 18.3. The van der Waals surface area contributed by atoms with Crippen molar-refractivity contribution in [2.45, 2.75) is 19.0 Å². The third kappa shape index (κ3) is 5.85. The summed E-state index contributed by atoms with van der Waals surface area (Å²) >= 11 is 3.11. The molecule has 0 saturated carbocycles. The first kappa shape index (κ1) is 19.9. The third-order valence-corrected chi connectivity index (χ3v) is 5.09. The van der Waals surface area contributed by atoms with Gasteiger partial charge in [-0.3, -0.25) is 19.7 Å². The van der Waals surface area contributed by atoms with Gasteiger partial charge in [0.25, 0.3) is 11.6 Å². The molecule has 2 N–H and O–H groups in total. The Kier molecular flexibility index (Phi) is 7.61. The van der Waals surface area contributed by atoms with E-state index in [0.29, 0.717) is 18.7 Å². The van der Waals surface area contributed by atoms with Crippen molar-refractivity contribution in [3.05, 3.63) is 62.3 Å². The van der Waals surface area contributed by atoms with E-state index in [4.69, 9.17) is 0 Å². The van der Waals surface area contributed by atoms with E-state index in [2.05, 4.69) is 10.6 Å². The molecule has 0 bridgehead atoms. The van der Waals surface area contributed by atoms with Crippen molar-refractivity contribution in [2.24, 2.45) is 0 Å². The number of non-ortho nitro benzene ring substituents is 1. The van der Waals surface area contributed by atoms with Crippen LogP contribution in [-0.4, -0.2) is 34.8 Å². The maximum atomic E-state index is 12.4. The number of hydrogen-bond acceptors (Lipinski definition) is 6. The molecule has 1 heterocycles. The number of thioether (sulfide) groups is 1. The van der Waals surface area contributed by atoms with Gasteiger partial charge in [-0.15, -0.1) is 11.3 Å². The molecule has 138 valence electrons. The van der Waals surface area contributed by atoms with Gasteiger partial charge >= 0.3 is 0 Å². The Morgan fingerprint density at radius 3 is 2.77 bits per heavy atom. The number of amides is 2. The van der Waals surface area contributed by atoms with Crippen LogP contribution in [0, 0.1) is 10.1 Å². The Balaban J connectivity index is 2.03. The number of carbonyl (C=O) groups excluding carboxylic acids is 2. The first-order chi connectivity index (χ1) is 12.5. The fourth-order valence-electron chi connectivity index (χ4n) is 2.22. The molecule has 0 aliphatic carbocycles. The van der Waals surface area contributed by atoms with Crippen LogP contribution in [0.3, 0.4) is 0 Å². The van der Waals surface area contributed by atoms with Gasteiger partial charge in [0.1, 0.15) is 6.04 Å². The van der Waals surface area contributed by atoms with E-state index in [1.807, 2.05) is 23.8 Å². The molecular formula is C17H19N3O4S2. The lowest BCUT2D eigenvalue weighted by molar-refractivity contribution is -0.384. The van der Waals surface area contributed by atoms with E-state index in [1.165, 1.54) is 35.6 Å². The molecule has 1 aromatic heterocycles. The number of nitro benzene ring substituents is 1. The molecule has 0 radical (unpaired) electrons. The number of nitro groups is 1. The van der Waals surface area contributed by atoms with Gasteiger partial charge in [-0.25, -0.2) is 0 Å². The van der Waals surface area contributed by atoms with Crippen molar-refractivity contribution in [1.29, 1.82) is 0 Å². The second-order valence-electron chi connectivity index (χ2n) is 5.41. The van der Waals surface area contributed by atoms with Gasteiger partial charge in [-0.2, -0.15) is 11.8 Å². The first-order valence-electron chi connectivity index (χ1n) is 7.85. The van der Waals surface area contributed by atoms with E-state index in [1.54, 1.807) is 11.8 Å². The lowest BCUT2D eigenvalue weighted by Crippen LogP contribution is -2.46. The summed E-state index contributed by atoms with van der Waals surface area (Å²) in [6.45, 7) is 0.402. The lowest BCUT2D eigenvalue weighted by atomic mass is 10.1. The van der Waals surface area contributed by atoms with Crippen molar-refractivity contribution in [2.75, 3.05) is 12.0 Å². The number of rotatable bonds is 9. The Hall–Kier alpha value is -2.39. The highest BCUT2D eigenvalue weighted by Crippen LogP contribution is 2.14. The molecule has 1 atom stereocenters. The molecule has 9 heteroatoms. The Morgan fingerprint density at radius 1 is 1.31 bits per heavy atom. The SMILES string of the molecule is CSCCC(NC(=O)c1cccc([N+](=O)[O-])c1)C(=O)NCc1cccs1. The maximum absolute atomic E-state index is 12.4. The molecule has 2 rings (SSSR count). The van der Waals surface area contributed by atoms with Crippen molar-refractivity contribution < 1.29 is 14.5 Å². The zero-order valence-electron chi connectivity index (χ0n) is 14.1. The number of benzene rings is 1. The number of carbonyl (C=O) groups is 2. The summed E-state index contributed by atoms with van der Waals surface area (Å²) in [7, 11) is 0. The summed E-state index contributed by atoms with van der Waals surface area (Å²) in [5.74, 6) is -0.0796. The Bertz CT molecular complexity index is 765. The summed E-state index contributed by atoms with van der Waals surface area (Å²) in [6, 6.07) is 8.57. The highest BCUT2D eigenvalue weighted by atomic mass is 32.2. The molecule has 1 unspecified atom stereocenters. The van der Waals surface area contributed by atoms with Gasteiger partial charge in [-0.05, 0) is 35.9 Å². The minimum absolute atomic E-state index is 0.152. The van der Waals surface area contributed by atoms with Crippen molar-refractivity contribution in [3.63, 3.8) is 0 Å². The third-order valence-electron chi connectivity index (χ3n) is 3.57. The molecule has 26 heavy (non-hydrogen) atoms. The minimum atomic E-state index is -0.700. The van der Waals surface area contributed by atoms with Crippen LogP contribution in [0.4, 0.5) is 5.69 Å². The Labute approximate surface area is 159 Å². The summed E-state index contributed by atoms with van der Waals surface area (Å²) < 4.78 is 0. The Morgan fingerprint density at radius 2 is 2.12 bits per heavy atom. The first-order valence-corrected chi connectivity index (χ1v) is 10.1. The number of nitrogens with one attached hydrogen (secondary N) is 2. The van der Waals surface area contributed by atoms with Gasteiger partial charge < -0.3 is 10.6 Å². The smallest absolute Gasteiger partial charge is 0.270 e. The van der Waals surface area contributed by atoms with Gasteiger partial charge in [0.15, 0.2) is 0 Å². The zero-order valence-corrected chi connectivity index (χ0v) is 15.8. The van der Waals surface area contributed by atoms with Crippen LogP contribution in [0.25, 0.3) is 0 Å². The molecule has 0 aliphatic heterocycles. The molecule has 2 aromatic rings. The quantitative estimate of drug-likeness (QED) is 0.504. The fourth-order valence-corrected chi connectivity index (χ4v) is 3.33. The van der Waals surface area contributed by atoms with Gasteiger partial charge in [0.05, 0.1) is 11.5 Å². The standard InChI is InChI=1S/C17H19N3O4S2/c1-25-9-7-15(17(22)18-11-14-6-3-8-26-14)19-16(21)12-4-2-5-13(10-12)20(23)24/h2-6,8,10,15H,7,9,11H2,1H3,(H,18,22)(H,19,21). The van der Waals surface area contributed by atoms with Crippen LogP contribution in [0.5, 0.6) is 0 Å². The molecule has 1 aromatic carbocycles. The highest BCUT2D eigenvalue weighted by molar-refractivity contribution is 7.98. The van der Waals surface area contributed by atoms with Crippen LogP contribution in [0.2, 0.25) is 0 Å². The predicted molar refractivity (Wildman–Crippen MR) is 104 cm³/mol. The molecule has 7 nitrogen and oxygen atoms in total. The molecular weight excluding hydrogens is 374 g/mol. The second kappa shape index (κ2) is 9.93. The zero-order chi connectivity index (χ0) is 18.9. The van der Waals surface area contributed by atoms with Crippen LogP contribution < -0.4 is 10.6 Å².